The summed E-state index contributed by atoms with van der Waals surface area (Å²) in [6, 6.07) is 0. The minimum Gasteiger partial charge on any atom is -0.390 e. The van der Waals surface area contributed by atoms with Crippen LogP contribution < -0.4 is 5.32 Å². The SMILES string of the molecule is OC1(CCCn2cncn2)CCNCC1. The molecule has 1 aromatic rings. The number of aryl methyl sites for hydroxylation is 1. The van der Waals surface area contributed by atoms with E-state index in [1.807, 2.05) is 4.68 Å². The number of nitrogens with zero attached hydrogens (tertiary/aromatic N) is 3. The lowest BCUT2D eigenvalue weighted by atomic mass is 9.88. The van der Waals surface area contributed by atoms with E-state index in [0.717, 1.165) is 45.3 Å². The maximum atomic E-state index is 10.2. The smallest absolute Gasteiger partial charge is 0.137 e. The van der Waals surface area contributed by atoms with E-state index in [2.05, 4.69) is 15.4 Å². The van der Waals surface area contributed by atoms with E-state index >= 15 is 0 Å². The summed E-state index contributed by atoms with van der Waals surface area (Å²) < 4.78 is 1.81. The van der Waals surface area contributed by atoms with Gasteiger partial charge in [-0.1, -0.05) is 0 Å². The van der Waals surface area contributed by atoms with Gasteiger partial charge in [-0.05, 0) is 38.8 Å². The Morgan fingerprint density at radius 2 is 2.20 bits per heavy atom. The van der Waals surface area contributed by atoms with Gasteiger partial charge in [0, 0.05) is 6.54 Å². The number of rotatable bonds is 4. The molecule has 0 amide bonds. The molecule has 5 nitrogen and oxygen atoms in total. The van der Waals surface area contributed by atoms with Crippen LogP contribution in [0, 0.1) is 0 Å². The number of piperidine rings is 1. The molecule has 5 heteroatoms. The average molecular weight is 210 g/mol. The molecule has 0 bridgehead atoms. The van der Waals surface area contributed by atoms with Crippen molar-refractivity contribution in [2.75, 3.05) is 13.1 Å². The fraction of sp³-hybridized carbons (Fsp3) is 0.800. The Hall–Kier alpha value is -0.940. The van der Waals surface area contributed by atoms with Crippen molar-refractivity contribution < 1.29 is 5.11 Å². The summed E-state index contributed by atoms with van der Waals surface area (Å²) >= 11 is 0. The maximum Gasteiger partial charge on any atom is 0.137 e. The fourth-order valence-electron chi connectivity index (χ4n) is 2.06. The third-order valence-corrected chi connectivity index (χ3v) is 3.03. The molecule has 0 atom stereocenters. The molecule has 84 valence electrons. The summed E-state index contributed by atoms with van der Waals surface area (Å²) in [6.45, 7) is 2.70. The van der Waals surface area contributed by atoms with Gasteiger partial charge in [0.05, 0.1) is 5.60 Å². The summed E-state index contributed by atoms with van der Waals surface area (Å²) in [5.74, 6) is 0. The molecule has 0 aromatic carbocycles. The first-order valence-electron chi connectivity index (χ1n) is 5.54. The van der Waals surface area contributed by atoms with Crippen LogP contribution in [-0.2, 0) is 6.54 Å². The molecule has 1 fully saturated rings. The van der Waals surface area contributed by atoms with Crippen LogP contribution in [0.15, 0.2) is 12.7 Å². The predicted octanol–water partition coefficient (Wildman–Crippen LogP) is 0.173. The molecular formula is C10H18N4O. The number of aromatic nitrogens is 3. The number of nitrogens with one attached hydrogen (secondary N) is 1. The molecule has 2 rings (SSSR count). The van der Waals surface area contributed by atoms with E-state index in [1.54, 1.807) is 12.7 Å². The average Bonchev–Trinajstić information content (AvgIpc) is 2.71. The van der Waals surface area contributed by atoms with Crippen LogP contribution in [0.5, 0.6) is 0 Å². The number of hydrogen-bond acceptors (Lipinski definition) is 4. The lowest BCUT2D eigenvalue weighted by molar-refractivity contribution is -0.000257. The molecule has 0 spiro atoms. The molecule has 1 aromatic heterocycles. The molecule has 15 heavy (non-hydrogen) atoms. The molecule has 0 unspecified atom stereocenters. The monoisotopic (exact) mass is 210 g/mol. The van der Waals surface area contributed by atoms with Crippen molar-refractivity contribution in [3.63, 3.8) is 0 Å². The zero-order valence-corrected chi connectivity index (χ0v) is 8.89. The molecular weight excluding hydrogens is 192 g/mol. The minimum atomic E-state index is -0.453. The van der Waals surface area contributed by atoms with E-state index in [1.165, 1.54) is 0 Å². The van der Waals surface area contributed by atoms with Gasteiger partial charge in [-0.3, -0.25) is 4.68 Å². The number of hydrogen-bond donors (Lipinski definition) is 2. The normalized spacial score (nSPS) is 20.3. The molecule has 2 N–H and O–H groups in total. The Balaban J connectivity index is 1.72. The maximum absolute atomic E-state index is 10.2. The highest BCUT2D eigenvalue weighted by molar-refractivity contribution is 4.83. The van der Waals surface area contributed by atoms with Crippen LogP contribution in [0.2, 0.25) is 0 Å². The highest BCUT2D eigenvalue weighted by Crippen LogP contribution is 2.23. The molecule has 1 aliphatic rings. The first-order valence-corrected chi connectivity index (χ1v) is 5.54. The Morgan fingerprint density at radius 1 is 1.40 bits per heavy atom. The van der Waals surface area contributed by atoms with Gasteiger partial charge >= 0.3 is 0 Å². The summed E-state index contributed by atoms with van der Waals surface area (Å²) in [6.07, 6.45) is 6.80. The molecule has 1 saturated heterocycles. The second-order valence-electron chi connectivity index (χ2n) is 4.24. The summed E-state index contributed by atoms with van der Waals surface area (Å²) in [4.78, 5) is 3.88. The van der Waals surface area contributed by atoms with Crippen LogP contribution in [0.1, 0.15) is 25.7 Å². The van der Waals surface area contributed by atoms with Crippen molar-refractivity contribution in [2.24, 2.45) is 0 Å². The van der Waals surface area contributed by atoms with Crippen LogP contribution in [-0.4, -0.2) is 38.6 Å². The predicted molar refractivity (Wildman–Crippen MR) is 56.3 cm³/mol. The summed E-state index contributed by atoms with van der Waals surface area (Å²) in [7, 11) is 0. The highest BCUT2D eigenvalue weighted by Gasteiger charge is 2.28. The molecule has 0 saturated carbocycles. The van der Waals surface area contributed by atoms with Crippen LogP contribution in [0.25, 0.3) is 0 Å². The minimum absolute atomic E-state index is 0.453. The van der Waals surface area contributed by atoms with Gasteiger partial charge in [-0.25, -0.2) is 4.98 Å². The Morgan fingerprint density at radius 3 is 2.87 bits per heavy atom. The molecule has 2 heterocycles. The fourth-order valence-corrected chi connectivity index (χ4v) is 2.06. The van der Waals surface area contributed by atoms with Crippen molar-refractivity contribution in [1.29, 1.82) is 0 Å². The van der Waals surface area contributed by atoms with Crippen molar-refractivity contribution in [3.05, 3.63) is 12.7 Å². The highest BCUT2D eigenvalue weighted by atomic mass is 16.3. The quantitative estimate of drug-likeness (QED) is 0.744. The summed E-state index contributed by atoms with van der Waals surface area (Å²) in [5, 5.41) is 17.5. The van der Waals surface area contributed by atoms with Crippen molar-refractivity contribution in [2.45, 2.75) is 37.8 Å². The third kappa shape index (κ3) is 3.00. The van der Waals surface area contributed by atoms with E-state index in [0.29, 0.717) is 0 Å². The largest absolute Gasteiger partial charge is 0.390 e. The lowest BCUT2D eigenvalue weighted by Gasteiger charge is -2.32. The van der Waals surface area contributed by atoms with Gasteiger partial charge < -0.3 is 10.4 Å². The third-order valence-electron chi connectivity index (χ3n) is 3.03. The van der Waals surface area contributed by atoms with Crippen LogP contribution >= 0.6 is 0 Å². The van der Waals surface area contributed by atoms with Gasteiger partial charge in [-0.2, -0.15) is 5.10 Å². The topological polar surface area (TPSA) is 63.0 Å². The van der Waals surface area contributed by atoms with Gasteiger partial charge in [0.15, 0.2) is 0 Å². The first-order chi connectivity index (χ1) is 7.29. The second kappa shape index (κ2) is 4.72. The van der Waals surface area contributed by atoms with Gasteiger partial charge in [0.1, 0.15) is 12.7 Å². The van der Waals surface area contributed by atoms with Gasteiger partial charge in [-0.15, -0.1) is 0 Å². The van der Waals surface area contributed by atoms with E-state index in [-0.39, 0.29) is 0 Å². The Labute approximate surface area is 89.5 Å². The van der Waals surface area contributed by atoms with Crippen LogP contribution in [0.3, 0.4) is 0 Å². The Kier molecular flexibility index (Phi) is 3.33. The lowest BCUT2D eigenvalue weighted by Crippen LogP contribution is -2.41. The van der Waals surface area contributed by atoms with Crippen LogP contribution in [0.4, 0.5) is 0 Å². The van der Waals surface area contributed by atoms with Crippen molar-refractivity contribution in [3.8, 4) is 0 Å². The molecule has 0 radical (unpaired) electrons. The van der Waals surface area contributed by atoms with Gasteiger partial charge in [0.25, 0.3) is 0 Å². The van der Waals surface area contributed by atoms with Crippen molar-refractivity contribution >= 4 is 0 Å². The standard InChI is InChI=1S/C10H18N4O/c15-10(3-5-11-6-4-10)2-1-7-14-9-12-8-13-14/h8-9,11,15H,1-7H2. The number of aliphatic hydroxyl groups is 1. The van der Waals surface area contributed by atoms with E-state index in [9.17, 15) is 5.11 Å². The zero-order chi connectivity index (χ0) is 10.6. The molecule has 1 aliphatic heterocycles. The zero-order valence-electron chi connectivity index (χ0n) is 8.89. The second-order valence-corrected chi connectivity index (χ2v) is 4.24. The molecule has 0 aliphatic carbocycles. The van der Waals surface area contributed by atoms with E-state index < -0.39 is 5.60 Å². The summed E-state index contributed by atoms with van der Waals surface area (Å²) in [5.41, 5.74) is -0.453. The van der Waals surface area contributed by atoms with Crippen molar-refractivity contribution in [1.82, 2.24) is 20.1 Å². The van der Waals surface area contributed by atoms with Gasteiger partial charge in [0.2, 0.25) is 0 Å². The van der Waals surface area contributed by atoms with E-state index in [4.69, 9.17) is 0 Å². The Bertz CT molecular complexity index is 280. The first kappa shape index (κ1) is 10.6.